The summed E-state index contributed by atoms with van der Waals surface area (Å²) in [5.41, 5.74) is 1.22. The minimum absolute atomic E-state index is 0.154. The molecule has 0 radical (unpaired) electrons. The molecule has 3 aromatic rings. The Kier molecular flexibility index (Phi) is 3.57. The molecule has 0 unspecified atom stereocenters. The molecule has 0 atom stereocenters. The summed E-state index contributed by atoms with van der Waals surface area (Å²) in [5, 5.41) is 1.86. The third-order valence-corrected chi connectivity index (χ3v) is 3.95. The van der Waals surface area contributed by atoms with Gasteiger partial charge in [-0.15, -0.1) is 11.3 Å². The fourth-order valence-corrected chi connectivity index (χ4v) is 2.78. The van der Waals surface area contributed by atoms with Crippen LogP contribution in [0.2, 0.25) is 0 Å². The van der Waals surface area contributed by atoms with Gasteiger partial charge in [0.25, 0.3) is 0 Å². The van der Waals surface area contributed by atoms with E-state index < -0.39 is 5.76 Å². The highest BCUT2D eigenvalue weighted by Crippen LogP contribution is 2.12. The fraction of sp³-hybridized carbons (Fsp3) is 0.214. The SMILES string of the molecule is Cn1ccsc1=NC(=O)CCn1c(=O)oc2ccccc21. The van der Waals surface area contributed by atoms with Crippen LogP contribution in [0.1, 0.15) is 6.42 Å². The zero-order chi connectivity index (χ0) is 14.8. The van der Waals surface area contributed by atoms with Gasteiger partial charge in [-0.1, -0.05) is 12.1 Å². The summed E-state index contributed by atoms with van der Waals surface area (Å²) in [4.78, 5) is 28.3. The molecule has 108 valence electrons. The number of aryl methyl sites for hydroxylation is 2. The Balaban J connectivity index is 1.81. The van der Waals surface area contributed by atoms with Crippen molar-refractivity contribution in [2.75, 3.05) is 0 Å². The number of aromatic nitrogens is 2. The van der Waals surface area contributed by atoms with Gasteiger partial charge in [0.05, 0.1) is 5.52 Å². The molecule has 6 nitrogen and oxygen atoms in total. The first kappa shape index (κ1) is 13.6. The lowest BCUT2D eigenvalue weighted by molar-refractivity contribution is -0.118. The normalized spacial score (nSPS) is 12.1. The lowest BCUT2D eigenvalue weighted by Gasteiger charge is -1.99. The summed E-state index contributed by atoms with van der Waals surface area (Å²) < 4.78 is 8.36. The standard InChI is InChI=1S/C14H13N3O3S/c1-16-8-9-21-13(16)15-12(18)6-7-17-10-4-2-3-5-11(10)20-14(17)19/h2-5,8-9H,6-7H2,1H3. The first-order chi connectivity index (χ1) is 10.1. The van der Waals surface area contributed by atoms with Gasteiger partial charge in [-0.05, 0) is 12.1 Å². The first-order valence-corrected chi connectivity index (χ1v) is 7.29. The van der Waals surface area contributed by atoms with Crippen LogP contribution in [0.3, 0.4) is 0 Å². The van der Waals surface area contributed by atoms with Gasteiger partial charge < -0.3 is 8.98 Å². The number of thiazole rings is 1. The molecular formula is C14H13N3O3S. The number of carbonyl (C=O) groups is 1. The molecule has 0 aliphatic heterocycles. The first-order valence-electron chi connectivity index (χ1n) is 6.41. The van der Waals surface area contributed by atoms with E-state index in [1.54, 1.807) is 22.8 Å². The third kappa shape index (κ3) is 2.73. The molecule has 0 N–H and O–H groups in total. The van der Waals surface area contributed by atoms with E-state index >= 15 is 0 Å². The van der Waals surface area contributed by atoms with Gasteiger partial charge in [0.2, 0.25) is 5.91 Å². The van der Waals surface area contributed by atoms with Crippen molar-refractivity contribution in [1.29, 1.82) is 0 Å². The molecule has 7 heteroatoms. The van der Waals surface area contributed by atoms with Gasteiger partial charge in [0.15, 0.2) is 10.4 Å². The second-order valence-corrected chi connectivity index (χ2v) is 5.41. The van der Waals surface area contributed by atoms with Crippen LogP contribution in [-0.2, 0) is 18.4 Å². The predicted molar refractivity (Wildman–Crippen MR) is 79.0 cm³/mol. The maximum atomic E-state index is 11.9. The molecule has 21 heavy (non-hydrogen) atoms. The van der Waals surface area contributed by atoms with Crippen molar-refractivity contribution >= 4 is 28.3 Å². The number of hydrogen-bond donors (Lipinski definition) is 0. The van der Waals surface area contributed by atoms with E-state index in [4.69, 9.17) is 4.42 Å². The van der Waals surface area contributed by atoms with Crippen molar-refractivity contribution in [2.45, 2.75) is 13.0 Å². The quantitative estimate of drug-likeness (QED) is 0.736. The second kappa shape index (κ2) is 5.53. The van der Waals surface area contributed by atoms with E-state index in [1.165, 1.54) is 15.9 Å². The average Bonchev–Trinajstić information content (AvgIpc) is 3.00. The molecule has 0 aliphatic carbocycles. The number of fused-ring (bicyclic) bond motifs is 1. The third-order valence-electron chi connectivity index (χ3n) is 3.10. The van der Waals surface area contributed by atoms with Crippen molar-refractivity contribution in [2.24, 2.45) is 12.0 Å². The number of benzene rings is 1. The number of nitrogens with zero attached hydrogens (tertiary/aromatic N) is 3. The Morgan fingerprint density at radius 3 is 2.95 bits per heavy atom. The zero-order valence-corrected chi connectivity index (χ0v) is 12.2. The molecule has 0 fully saturated rings. The van der Waals surface area contributed by atoms with Crippen molar-refractivity contribution in [3.63, 3.8) is 0 Å². The van der Waals surface area contributed by atoms with Crippen LogP contribution in [0.5, 0.6) is 0 Å². The topological polar surface area (TPSA) is 69.5 Å². The molecule has 2 aromatic heterocycles. The second-order valence-electron chi connectivity index (χ2n) is 4.54. The Morgan fingerprint density at radius 2 is 2.19 bits per heavy atom. The van der Waals surface area contributed by atoms with Gasteiger partial charge in [0.1, 0.15) is 0 Å². The van der Waals surface area contributed by atoms with E-state index in [-0.39, 0.29) is 18.9 Å². The highest BCUT2D eigenvalue weighted by Gasteiger charge is 2.10. The number of para-hydroxylation sites is 2. The summed E-state index contributed by atoms with van der Waals surface area (Å²) in [7, 11) is 1.83. The number of carbonyl (C=O) groups excluding carboxylic acids is 1. The Bertz CT molecular complexity index is 913. The lowest BCUT2D eigenvalue weighted by atomic mass is 10.3. The molecule has 1 amide bonds. The molecule has 1 aromatic carbocycles. The molecule has 3 rings (SSSR count). The number of hydrogen-bond acceptors (Lipinski definition) is 4. The van der Waals surface area contributed by atoms with Gasteiger partial charge in [-0.2, -0.15) is 4.99 Å². The van der Waals surface area contributed by atoms with Crippen molar-refractivity contribution in [3.8, 4) is 0 Å². The number of amides is 1. The smallest absolute Gasteiger partial charge is 0.408 e. The van der Waals surface area contributed by atoms with Crippen molar-refractivity contribution in [3.05, 3.63) is 51.2 Å². The van der Waals surface area contributed by atoms with E-state index in [2.05, 4.69) is 4.99 Å². The summed E-state index contributed by atoms with van der Waals surface area (Å²) in [5.74, 6) is -0.712. The molecule has 0 spiro atoms. The molecule has 0 aliphatic rings. The number of rotatable bonds is 3. The lowest BCUT2D eigenvalue weighted by Crippen LogP contribution is -2.18. The van der Waals surface area contributed by atoms with Gasteiger partial charge in [0, 0.05) is 31.6 Å². The predicted octanol–water partition coefficient (Wildman–Crippen LogP) is 1.51. The van der Waals surface area contributed by atoms with Crippen molar-refractivity contribution in [1.82, 2.24) is 9.13 Å². The summed E-state index contributed by atoms with van der Waals surface area (Å²) in [6.07, 6.45) is 1.99. The Morgan fingerprint density at radius 1 is 1.38 bits per heavy atom. The zero-order valence-electron chi connectivity index (χ0n) is 11.4. The van der Waals surface area contributed by atoms with E-state index in [0.717, 1.165) is 0 Å². The van der Waals surface area contributed by atoms with Crippen LogP contribution >= 0.6 is 11.3 Å². The molecule has 0 bridgehead atoms. The summed E-state index contributed by atoms with van der Waals surface area (Å²) in [6.45, 7) is 0.257. The molecule has 0 saturated carbocycles. The van der Waals surface area contributed by atoms with E-state index in [9.17, 15) is 9.59 Å². The Hall–Kier alpha value is -2.41. The minimum atomic E-state index is -0.453. The van der Waals surface area contributed by atoms with Crippen LogP contribution < -0.4 is 10.6 Å². The maximum Gasteiger partial charge on any atom is 0.419 e. The highest BCUT2D eigenvalue weighted by molar-refractivity contribution is 7.07. The number of oxazole rings is 1. The highest BCUT2D eigenvalue weighted by atomic mass is 32.1. The molecule has 0 saturated heterocycles. The summed E-state index contributed by atoms with van der Waals surface area (Å²) >= 11 is 1.40. The fourth-order valence-electron chi connectivity index (χ4n) is 2.03. The molecule has 2 heterocycles. The Labute approximate surface area is 123 Å². The van der Waals surface area contributed by atoms with Crippen LogP contribution in [0.4, 0.5) is 0 Å². The van der Waals surface area contributed by atoms with Gasteiger partial charge in [-0.25, -0.2) is 4.79 Å². The summed E-state index contributed by atoms with van der Waals surface area (Å²) in [6, 6.07) is 7.14. The van der Waals surface area contributed by atoms with E-state index in [1.807, 2.05) is 24.7 Å². The van der Waals surface area contributed by atoms with Crippen LogP contribution in [0, 0.1) is 0 Å². The van der Waals surface area contributed by atoms with Gasteiger partial charge >= 0.3 is 5.76 Å². The average molecular weight is 303 g/mol. The minimum Gasteiger partial charge on any atom is -0.408 e. The maximum absolute atomic E-state index is 11.9. The van der Waals surface area contributed by atoms with Crippen LogP contribution in [-0.4, -0.2) is 15.0 Å². The van der Waals surface area contributed by atoms with Crippen LogP contribution in [0.15, 0.2) is 50.0 Å². The monoisotopic (exact) mass is 303 g/mol. The largest absolute Gasteiger partial charge is 0.419 e. The van der Waals surface area contributed by atoms with Crippen LogP contribution in [0.25, 0.3) is 11.1 Å². The van der Waals surface area contributed by atoms with Gasteiger partial charge in [-0.3, -0.25) is 9.36 Å². The van der Waals surface area contributed by atoms with Crippen molar-refractivity contribution < 1.29 is 9.21 Å². The van der Waals surface area contributed by atoms with E-state index in [0.29, 0.717) is 15.9 Å². The molecular weight excluding hydrogens is 290 g/mol.